The summed E-state index contributed by atoms with van der Waals surface area (Å²) in [6.45, 7) is 1.51. The minimum Gasteiger partial charge on any atom is -0.478 e. The second-order valence-electron chi connectivity index (χ2n) is 6.32. The second-order valence-corrected chi connectivity index (χ2v) is 6.32. The number of nitrogens with zero attached hydrogens (tertiary/aromatic N) is 1. The van der Waals surface area contributed by atoms with Crippen LogP contribution in [0.4, 0.5) is 0 Å². The van der Waals surface area contributed by atoms with Crippen LogP contribution in [0.1, 0.15) is 27.9 Å². The Kier molecular flexibility index (Phi) is 4.94. The van der Waals surface area contributed by atoms with Crippen molar-refractivity contribution in [1.82, 2.24) is 4.90 Å². The molecule has 1 unspecified atom stereocenters. The maximum absolute atomic E-state index is 12.5. The average molecular weight is 323 g/mol. The zero-order chi connectivity index (χ0) is 16.9. The number of carboxylic acid groups (broad SMARTS) is 1. The molecule has 1 aliphatic heterocycles. The molecule has 1 heterocycles. The first kappa shape index (κ1) is 16.2. The van der Waals surface area contributed by atoms with Crippen LogP contribution in [0.15, 0.2) is 54.6 Å². The van der Waals surface area contributed by atoms with Crippen LogP contribution in [0, 0.1) is 5.92 Å². The summed E-state index contributed by atoms with van der Waals surface area (Å²) in [4.78, 5) is 25.6. The Morgan fingerprint density at radius 2 is 1.75 bits per heavy atom. The van der Waals surface area contributed by atoms with E-state index in [0.29, 0.717) is 11.5 Å². The van der Waals surface area contributed by atoms with Crippen molar-refractivity contribution in [3.05, 3.63) is 71.3 Å². The molecule has 1 saturated heterocycles. The van der Waals surface area contributed by atoms with Crippen molar-refractivity contribution < 1.29 is 14.7 Å². The maximum Gasteiger partial charge on any atom is 0.335 e. The van der Waals surface area contributed by atoms with Gasteiger partial charge in [-0.2, -0.15) is 0 Å². The Morgan fingerprint density at radius 1 is 1.04 bits per heavy atom. The van der Waals surface area contributed by atoms with Gasteiger partial charge in [-0.1, -0.05) is 48.5 Å². The molecule has 0 bridgehead atoms. The first-order chi connectivity index (χ1) is 11.6. The lowest BCUT2D eigenvalue weighted by molar-refractivity contribution is -0.129. The Labute approximate surface area is 141 Å². The molecular weight excluding hydrogens is 302 g/mol. The molecule has 2 aromatic rings. The van der Waals surface area contributed by atoms with Gasteiger partial charge in [-0.15, -0.1) is 0 Å². The molecule has 0 saturated carbocycles. The SMILES string of the molecule is O=C(O)c1ccccc1CC(=O)N1CCC(Cc2ccccc2)C1. The predicted octanol–water partition coefficient (Wildman–Crippen LogP) is 3.02. The number of carbonyl (C=O) groups is 2. The van der Waals surface area contributed by atoms with Gasteiger partial charge in [0.25, 0.3) is 0 Å². The Hall–Kier alpha value is -2.62. The molecular formula is C20H21NO3. The van der Waals surface area contributed by atoms with Gasteiger partial charge in [0.05, 0.1) is 12.0 Å². The summed E-state index contributed by atoms with van der Waals surface area (Å²) in [6, 6.07) is 17.0. The lowest BCUT2D eigenvalue weighted by Gasteiger charge is -2.17. The van der Waals surface area contributed by atoms with Crippen LogP contribution in [-0.2, 0) is 17.6 Å². The first-order valence-electron chi connectivity index (χ1n) is 8.26. The summed E-state index contributed by atoms with van der Waals surface area (Å²) >= 11 is 0. The van der Waals surface area contributed by atoms with Crippen LogP contribution < -0.4 is 0 Å². The molecule has 0 aromatic heterocycles. The zero-order valence-electron chi connectivity index (χ0n) is 13.5. The number of rotatable bonds is 5. The molecule has 1 atom stereocenters. The van der Waals surface area contributed by atoms with Gasteiger partial charge in [0.15, 0.2) is 0 Å². The summed E-state index contributed by atoms with van der Waals surface area (Å²) < 4.78 is 0. The molecule has 1 aliphatic rings. The third-order valence-corrected chi connectivity index (χ3v) is 4.60. The molecule has 2 aromatic carbocycles. The maximum atomic E-state index is 12.5. The van der Waals surface area contributed by atoms with E-state index in [-0.39, 0.29) is 17.9 Å². The highest BCUT2D eigenvalue weighted by atomic mass is 16.4. The van der Waals surface area contributed by atoms with E-state index in [1.807, 2.05) is 23.1 Å². The van der Waals surface area contributed by atoms with Crippen molar-refractivity contribution in [3.8, 4) is 0 Å². The van der Waals surface area contributed by atoms with Gasteiger partial charge in [0, 0.05) is 13.1 Å². The Bertz CT molecular complexity index is 727. The van der Waals surface area contributed by atoms with Gasteiger partial charge in [-0.25, -0.2) is 4.79 Å². The van der Waals surface area contributed by atoms with Crippen molar-refractivity contribution in [1.29, 1.82) is 0 Å². The van der Waals surface area contributed by atoms with E-state index < -0.39 is 5.97 Å². The van der Waals surface area contributed by atoms with Crippen LogP contribution in [0.3, 0.4) is 0 Å². The van der Waals surface area contributed by atoms with Crippen LogP contribution in [0.2, 0.25) is 0 Å². The average Bonchev–Trinajstić information content (AvgIpc) is 3.05. The van der Waals surface area contributed by atoms with Gasteiger partial charge >= 0.3 is 5.97 Å². The summed E-state index contributed by atoms with van der Waals surface area (Å²) in [5.41, 5.74) is 2.10. The van der Waals surface area contributed by atoms with Crippen molar-refractivity contribution in [3.63, 3.8) is 0 Å². The second kappa shape index (κ2) is 7.30. The normalized spacial score (nSPS) is 17.0. The molecule has 0 radical (unpaired) electrons. The van der Waals surface area contributed by atoms with Crippen LogP contribution in [-0.4, -0.2) is 35.0 Å². The van der Waals surface area contributed by atoms with Crippen molar-refractivity contribution in [2.24, 2.45) is 5.92 Å². The fourth-order valence-corrected chi connectivity index (χ4v) is 3.33. The standard InChI is InChI=1S/C20H21NO3/c22-19(13-17-8-4-5-9-18(17)20(23)24)21-11-10-16(14-21)12-15-6-2-1-3-7-15/h1-9,16H,10-14H2,(H,23,24). The monoisotopic (exact) mass is 323 g/mol. The predicted molar refractivity (Wildman–Crippen MR) is 91.9 cm³/mol. The molecule has 0 aliphatic carbocycles. The van der Waals surface area contributed by atoms with E-state index >= 15 is 0 Å². The van der Waals surface area contributed by atoms with Gasteiger partial charge in [-0.05, 0) is 36.0 Å². The number of amides is 1. The fraction of sp³-hybridized carbons (Fsp3) is 0.300. The highest BCUT2D eigenvalue weighted by Crippen LogP contribution is 2.22. The van der Waals surface area contributed by atoms with Gasteiger partial charge in [-0.3, -0.25) is 4.79 Å². The van der Waals surface area contributed by atoms with Crippen LogP contribution >= 0.6 is 0 Å². The van der Waals surface area contributed by atoms with Gasteiger partial charge in [0.1, 0.15) is 0 Å². The minimum atomic E-state index is -0.984. The van der Waals surface area contributed by atoms with E-state index in [1.54, 1.807) is 24.3 Å². The van der Waals surface area contributed by atoms with E-state index in [2.05, 4.69) is 12.1 Å². The number of carboxylic acids is 1. The topological polar surface area (TPSA) is 57.6 Å². The highest BCUT2D eigenvalue weighted by Gasteiger charge is 2.27. The lowest BCUT2D eigenvalue weighted by atomic mass is 9.99. The van der Waals surface area contributed by atoms with Gasteiger partial charge in [0.2, 0.25) is 5.91 Å². The highest BCUT2D eigenvalue weighted by molar-refractivity contribution is 5.91. The smallest absolute Gasteiger partial charge is 0.335 e. The summed E-state index contributed by atoms with van der Waals surface area (Å²) in [5, 5.41) is 9.23. The number of hydrogen-bond donors (Lipinski definition) is 1. The first-order valence-corrected chi connectivity index (χ1v) is 8.26. The zero-order valence-corrected chi connectivity index (χ0v) is 13.5. The van der Waals surface area contributed by atoms with Crippen LogP contribution in [0.25, 0.3) is 0 Å². The molecule has 4 heteroatoms. The van der Waals surface area contributed by atoms with E-state index in [9.17, 15) is 14.7 Å². The molecule has 124 valence electrons. The largest absolute Gasteiger partial charge is 0.478 e. The third-order valence-electron chi connectivity index (χ3n) is 4.60. The quantitative estimate of drug-likeness (QED) is 0.920. The number of carbonyl (C=O) groups excluding carboxylic acids is 1. The lowest BCUT2D eigenvalue weighted by Crippen LogP contribution is -2.30. The Morgan fingerprint density at radius 3 is 2.50 bits per heavy atom. The third kappa shape index (κ3) is 3.82. The van der Waals surface area contributed by atoms with E-state index in [1.165, 1.54) is 5.56 Å². The molecule has 4 nitrogen and oxygen atoms in total. The van der Waals surface area contributed by atoms with Crippen molar-refractivity contribution in [2.75, 3.05) is 13.1 Å². The molecule has 24 heavy (non-hydrogen) atoms. The number of aromatic carboxylic acids is 1. The van der Waals surface area contributed by atoms with Gasteiger partial charge < -0.3 is 10.0 Å². The number of hydrogen-bond acceptors (Lipinski definition) is 2. The minimum absolute atomic E-state index is 0.0132. The summed E-state index contributed by atoms with van der Waals surface area (Å²) in [5.74, 6) is -0.493. The molecule has 0 spiro atoms. The van der Waals surface area contributed by atoms with Crippen LogP contribution in [0.5, 0.6) is 0 Å². The number of benzene rings is 2. The van der Waals surface area contributed by atoms with E-state index in [4.69, 9.17) is 0 Å². The molecule has 1 amide bonds. The van der Waals surface area contributed by atoms with Crippen molar-refractivity contribution >= 4 is 11.9 Å². The van der Waals surface area contributed by atoms with E-state index in [0.717, 1.165) is 25.9 Å². The number of likely N-dealkylation sites (tertiary alicyclic amines) is 1. The molecule has 1 N–H and O–H groups in total. The fourth-order valence-electron chi connectivity index (χ4n) is 3.33. The summed E-state index contributed by atoms with van der Waals surface area (Å²) in [7, 11) is 0. The van der Waals surface area contributed by atoms with Crippen molar-refractivity contribution in [2.45, 2.75) is 19.3 Å². The Balaban J connectivity index is 1.60. The molecule has 1 fully saturated rings. The summed E-state index contributed by atoms with van der Waals surface area (Å²) in [6.07, 6.45) is 2.14. The molecule has 3 rings (SSSR count).